The van der Waals surface area contributed by atoms with Crippen molar-refractivity contribution in [3.8, 4) is 0 Å². The molecule has 0 bridgehead atoms. The van der Waals surface area contributed by atoms with Gasteiger partial charge in [0.05, 0.1) is 12.5 Å². The van der Waals surface area contributed by atoms with Crippen LogP contribution in [0.15, 0.2) is 23.8 Å². The fourth-order valence-corrected chi connectivity index (χ4v) is 8.55. The molecule has 0 unspecified atom stereocenters. The number of fused-ring (bicyclic) bond motifs is 5. The first-order valence-electron chi connectivity index (χ1n) is 15.2. The van der Waals surface area contributed by atoms with E-state index in [1.165, 1.54) is 12.2 Å². The zero-order chi connectivity index (χ0) is 30.2. The van der Waals surface area contributed by atoms with Crippen molar-refractivity contribution in [2.75, 3.05) is 13.2 Å². The van der Waals surface area contributed by atoms with E-state index < -0.39 is 64.3 Å². The van der Waals surface area contributed by atoms with Gasteiger partial charge in [-0.25, -0.2) is 4.39 Å². The second-order valence-electron chi connectivity index (χ2n) is 13.2. The Morgan fingerprint density at radius 1 is 1.15 bits per heavy atom. The molecule has 0 spiro atoms. The van der Waals surface area contributed by atoms with Crippen LogP contribution in [0.3, 0.4) is 0 Å². The first kappa shape index (κ1) is 31.5. The number of alkyl halides is 1. The van der Waals surface area contributed by atoms with Crippen LogP contribution < -0.4 is 5.32 Å². The molecule has 1 amide bonds. The summed E-state index contributed by atoms with van der Waals surface area (Å²) in [4.78, 5) is 49.9. The lowest BCUT2D eigenvalue weighted by Gasteiger charge is -2.62. The van der Waals surface area contributed by atoms with E-state index in [9.17, 15) is 29.4 Å². The maximum absolute atomic E-state index is 17.3. The second kappa shape index (κ2) is 11.7. The van der Waals surface area contributed by atoms with E-state index in [1.54, 1.807) is 26.8 Å². The van der Waals surface area contributed by atoms with Crippen molar-refractivity contribution in [3.63, 3.8) is 0 Å². The van der Waals surface area contributed by atoms with Crippen LogP contribution in [0, 0.1) is 28.6 Å². The second-order valence-corrected chi connectivity index (χ2v) is 13.2. The van der Waals surface area contributed by atoms with Crippen LogP contribution >= 0.6 is 0 Å². The number of ketones is 2. The molecule has 3 fully saturated rings. The molecule has 9 heteroatoms. The fraction of sp³-hybridized carbons (Fsp3) is 0.750. The van der Waals surface area contributed by atoms with Crippen LogP contribution in [0.2, 0.25) is 0 Å². The average molecular weight is 576 g/mol. The molecule has 4 rings (SSSR count). The summed E-state index contributed by atoms with van der Waals surface area (Å²) >= 11 is 0. The van der Waals surface area contributed by atoms with Crippen molar-refractivity contribution in [3.05, 3.63) is 23.8 Å². The van der Waals surface area contributed by atoms with Gasteiger partial charge in [-0.2, -0.15) is 0 Å². The standard InChI is InChI=1S/C32H46FNO7/c1-5-6-7-8-15-34-27(38)11-12-28(39)41-19-26(37)32(40)20(2)16-24-23-10-9-21-17-22(35)13-14-29(21,3)31(23,33)25(36)18-30(24,32)4/h13-14,17,20,23-25,36,40H,5-12,15-16,18-19H2,1-4H3,(H,34,38)/t20-,23+,24+,25+,29+,30+,31+,32+/m1/s1. The fourth-order valence-electron chi connectivity index (χ4n) is 8.55. The first-order chi connectivity index (χ1) is 19.3. The largest absolute Gasteiger partial charge is 0.458 e. The number of rotatable bonds is 11. The monoisotopic (exact) mass is 575 g/mol. The minimum Gasteiger partial charge on any atom is -0.458 e. The number of aliphatic hydroxyl groups excluding tert-OH is 1. The maximum Gasteiger partial charge on any atom is 0.306 e. The SMILES string of the molecule is CCCCCCNC(=O)CCC(=O)OCC(=O)[C@@]1(O)[C@H](C)C[C@H]2[C@@H]3CCC4=CC(=O)C=C[C@]4(C)[C@@]3(F)[C@@H](O)C[C@@]21C. The number of carbonyl (C=O) groups excluding carboxylic acids is 4. The smallest absolute Gasteiger partial charge is 0.306 e. The molecule has 8 nitrogen and oxygen atoms in total. The number of unbranched alkanes of at least 4 members (excludes halogenated alkanes) is 3. The Labute approximate surface area is 242 Å². The van der Waals surface area contributed by atoms with Gasteiger partial charge in [0.1, 0.15) is 5.60 Å². The molecule has 0 saturated heterocycles. The summed E-state index contributed by atoms with van der Waals surface area (Å²) < 4.78 is 22.5. The third kappa shape index (κ3) is 5.11. The quantitative estimate of drug-likeness (QED) is 0.251. The molecular formula is C32H46FNO7. The van der Waals surface area contributed by atoms with Crippen molar-refractivity contribution < 1.29 is 38.5 Å². The van der Waals surface area contributed by atoms with Crippen molar-refractivity contribution >= 4 is 23.4 Å². The van der Waals surface area contributed by atoms with Crippen LogP contribution in [0.5, 0.6) is 0 Å². The summed E-state index contributed by atoms with van der Waals surface area (Å²) in [6.07, 6.45) is 7.92. The molecule has 0 aromatic carbocycles. The number of hydrogen-bond donors (Lipinski definition) is 3. The highest BCUT2D eigenvalue weighted by molar-refractivity contribution is 6.01. The molecule has 0 aliphatic heterocycles. The summed E-state index contributed by atoms with van der Waals surface area (Å²) in [5, 5.41) is 26.2. The Hall–Kier alpha value is -2.39. The van der Waals surface area contributed by atoms with Gasteiger partial charge in [0.25, 0.3) is 0 Å². The van der Waals surface area contributed by atoms with Crippen LogP contribution in [-0.2, 0) is 23.9 Å². The third-order valence-electron chi connectivity index (χ3n) is 10.9. The van der Waals surface area contributed by atoms with E-state index in [1.807, 2.05) is 0 Å². The lowest BCUT2D eigenvalue weighted by atomic mass is 9.44. The average Bonchev–Trinajstić information content (AvgIpc) is 3.13. The number of carbonyl (C=O) groups is 4. The predicted molar refractivity (Wildman–Crippen MR) is 150 cm³/mol. The third-order valence-corrected chi connectivity index (χ3v) is 10.9. The van der Waals surface area contributed by atoms with E-state index >= 15 is 4.39 Å². The van der Waals surface area contributed by atoms with Gasteiger partial charge >= 0.3 is 5.97 Å². The predicted octanol–water partition coefficient (Wildman–Crippen LogP) is 3.92. The maximum atomic E-state index is 17.3. The van der Waals surface area contributed by atoms with Gasteiger partial charge in [-0.3, -0.25) is 19.2 Å². The molecule has 0 radical (unpaired) electrons. The topological polar surface area (TPSA) is 130 Å². The van der Waals surface area contributed by atoms with E-state index in [0.29, 0.717) is 31.4 Å². The number of halogens is 1. The van der Waals surface area contributed by atoms with Gasteiger partial charge in [-0.05, 0) is 63.0 Å². The zero-order valence-electron chi connectivity index (χ0n) is 24.8. The van der Waals surface area contributed by atoms with E-state index in [0.717, 1.165) is 25.7 Å². The molecule has 3 N–H and O–H groups in total. The van der Waals surface area contributed by atoms with Crippen LogP contribution in [0.25, 0.3) is 0 Å². The molecule has 41 heavy (non-hydrogen) atoms. The Morgan fingerprint density at radius 2 is 1.88 bits per heavy atom. The molecule has 0 aromatic heterocycles. The van der Waals surface area contributed by atoms with Gasteiger partial charge in [0, 0.05) is 29.7 Å². The molecule has 0 aromatic rings. The lowest BCUT2D eigenvalue weighted by molar-refractivity contribution is -0.220. The van der Waals surface area contributed by atoms with Gasteiger partial charge < -0.3 is 20.3 Å². The number of amides is 1. The van der Waals surface area contributed by atoms with Crippen LogP contribution in [0.4, 0.5) is 4.39 Å². The van der Waals surface area contributed by atoms with E-state index in [4.69, 9.17) is 4.74 Å². The molecule has 0 heterocycles. The number of esters is 1. The summed E-state index contributed by atoms with van der Waals surface area (Å²) in [5.41, 5.74) is -5.61. The van der Waals surface area contributed by atoms with Gasteiger partial charge in [-0.1, -0.05) is 51.7 Å². The summed E-state index contributed by atoms with van der Waals surface area (Å²) in [5.74, 6) is -3.42. The van der Waals surface area contributed by atoms with E-state index in [-0.39, 0.29) is 31.0 Å². The highest BCUT2D eigenvalue weighted by Crippen LogP contribution is 2.70. The van der Waals surface area contributed by atoms with Gasteiger partial charge in [-0.15, -0.1) is 0 Å². The van der Waals surface area contributed by atoms with Crippen LogP contribution in [-0.4, -0.2) is 64.2 Å². The van der Waals surface area contributed by atoms with Gasteiger partial charge in [0.15, 0.2) is 18.1 Å². The minimum atomic E-state index is -2.06. The molecule has 4 aliphatic rings. The van der Waals surface area contributed by atoms with Crippen molar-refractivity contribution in [2.45, 2.75) is 109 Å². The number of aliphatic hydroxyl groups is 2. The van der Waals surface area contributed by atoms with Crippen molar-refractivity contribution in [1.82, 2.24) is 5.32 Å². The highest BCUT2D eigenvalue weighted by Gasteiger charge is 2.75. The van der Waals surface area contributed by atoms with Gasteiger partial charge in [0.2, 0.25) is 11.7 Å². The number of hydrogen-bond acceptors (Lipinski definition) is 7. The van der Waals surface area contributed by atoms with Crippen molar-refractivity contribution in [2.24, 2.45) is 28.6 Å². The Kier molecular flexibility index (Phi) is 9.01. The molecular weight excluding hydrogens is 529 g/mol. The Balaban J connectivity index is 1.41. The first-order valence-corrected chi connectivity index (χ1v) is 15.2. The highest BCUT2D eigenvalue weighted by atomic mass is 19.1. The number of ether oxygens (including phenoxy) is 1. The molecule has 4 aliphatic carbocycles. The summed E-state index contributed by atoms with van der Waals surface area (Å²) in [7, 11) is 0. The van der Waals surface area contributed by atoms with Crippen LogP contribution in [0.1, 0.15) is 91.9 Å². The summed E-state index contributed by atoms with van der Waals surface area (Å²) in [6.45, 7) is 7.21. The number of Topliss-reactive ketones (excluding diaryl/α,β-unsaturated/α-hetero) is 1. The normalized spacial score (nSPS) is 39.3. The van der Waals surface area contributed by atoms with E-state index in [2.05, 4.69) is 12.2 Å². The Bertz CT molecular complexity index is 1140. The molecule has 3 saturated carbocycles. The molecule has 8 atom stereocenters. The zero-order valence-corrected chi connectivity index (χ0v) is 24.8. The molecule has 228 valence electrons. The Morgan fingerprint density at radius 3 is 2.59 bits per heavy atom. The number of allylic oxidation sites excluding steroid dienone is 4. The number of nitrogens with one attached hydrogen (secondary N) is 1. The summed E-state index contributed by atoms with van der Waals surface area (Å²) in [6, 6.07) is 0. The lowest BCUT2D eigenvalue weighted by Crippen LogP contribution is -2.69. The minimum absolute atomic E-state index is 0.0526. The van der Waals surface area contributed by atoms with Crippen molar-refractivity contribution in [1.29, 1.82) is 0 Å².